The number of carboxylic acid groups (broad SMARTS) is 1. The van der Waals surface area contributed by atoms with Crippen molar-refractivity contribution in [3.63, 3.8) is 0 Å². The molecule has 2 heterocycles. The van der Waals surface area contributed by atoms with Gasteiger partial charge in [0.05, 0.1) is 5.69 Å². The van der Waals surface area contributed by atoms with E-state index in [0.717, 1.165) is 5.65 Å². The molecule has 0 saturated carbocycles. The lowest BCUT2D eigenvalue weighted by molar-refractivity contribution is -0.142. The summed E-state index contributed by atoms with van der Waals surface area (Å²) >= 11 is 0. The topological polar surface area (TPSA) is 54.6 Å². The Morgan fingerprint density at radius 2 is 2.20 bits per heavy atom. The Balaban J connectivity index is 2.58. The van der Waals surface area contributed by atoms with Gasteiger partial charge in [-0.3, -0.25) is 4.79 Å². The zero-order valence-corrected chi connectivity index (χ0v) is 8.64. The van der Waals surface area contributed by atoms with E-state index in [9.17, 15) is 4.79 Å². The van der Waals surface area contributed by atoms with E-state index in [1.807, 2.05) is 28.8 Å². The predicted molar refractivity (Wildman–Crippen MR) is 55.9 cm³/mol. The second-order valence-electron chi connectivity index (χ2n) is 4.02. The number of rotatable bonds is 2. The molecule has 1 N–H and O–H groups in total. The zero-order chi connectivity index (χ0) is 11.1. The quantitative estimate of drug-likeness (QED) is 0.810. The molecule has 0 amide bonds. The van der Waals surface area contributed by atoms with Crippen LogP contribution in [0.2, 0.25) is 0 Å². The Morgan fingerprint density at radius 1 is 1.47 bits per heavy atom. The third-order valence-electron chi connectivity index (χ3n) is 2.54. The van der Waals surface area contributed by atoms with Crippen LogP contribution in [-0.4, -0.2) is 20.5 Å². The van der Waals surface area contributed by atoms with Gasteiger partial charge in [0.25, 0.3) is 0 Å². The molecule has 0 unspecified atom stereocenters. The highest BCUT2D eigenvalue weighted by Crippen LogP contribution is 2.22. The molecule has 0 spiro atoms. The molecule has 0 radical (unpaired) electrons. The summed E-state index contributed by atoms with van der Waals surface area (Å²) in [5.74, 6) is -0.870. The molecule has 4 nitrogen and oxygen atoms in total. The van der Waals surface area contributed by atoms with E-state index in [1.165, 1.54) is 0 Å². The predicted octanol–water partition coefficient (Wildman–Crippen LogP) is 1.70. The SMILES string of the molecule is CC(C)(C(=O)O)c1cn2ccccc2n1. The van der Waals surface area contributed by atoms with Gasteiger partial charge in [0.1, 0.15) is 11.1 Å². The van der Waals surface area contributed by atoms with Gasteiger partial charge in [-0.2, -0.15) is 0 Å². The molecular weight excluding hydrogens is 192 g/mol. The van der Waals surface area contributed by atoms with Gasteiger partial charge in [-0.05, 0) is 26.0 Å². The maximum atomic E-state index is 11.0. The number of fused-ring (bicyclic) bond motifs is 1. The first-order chi connectivity index (χ1) is 7.01. The maximum absolute atomic E-state index is 11.0. The highest BCUT2D eigenvalue weighted by atomic mass is 16.4. The largest absolute Gasteiger partial charge is 0.481 e. The summed E-state index contributed by atoms with van der Waals surface area (Å²) in [6, 6.07) is 5.60. The molecule has 0 aliphatic rings. The molecule has 2 aromatic heterocycles. The van der Waals surface area contributed by atoms with Crippen LogP contribution in [0.25, 0.3) is 5.65 Å². The van der Waals surface area contributed by atoms with Crippen LogP contribution >= 0.6 is 0 Å². The minimum absolute atomic E-state index is 0.571. The third kappa shape index (κ3) is 1.48. The average Bonchev–Trinajstić information content (AvgIpc) is 2.61. The van der Waals surface area contributed by atoms with Gasteiger partial charge in [0, 0.05) is 12.4 Å². The van der Waals surface area contributed by atoms with Gasteiger partial charge in [0.2, 0.25) is 0 Å². The number of imidazole rings is 1. The molecule has 0 bridgehead atoms. The molecule has 0 fully saturated rings. The Bertz CT molecular complexity index is 481. The van der Waals surface area contributed by atoms with Crippen LogP contribution in [0.5, 0.6) is 0 Å². The van der Waals surface area contributed by atoms with Crippen LogP contribution in [0.3, 0.4) is 0 Å². The van der Waals surface area contributed by atoms with Gasteiger partial charge in [-0.15, -0.1) is 0 Å². The number of aliphatic carboxylic acids is 1. The number of hydrogen-bond acceptors (Lipinski definition) is 2. The molecule has 15 heavy (non-hydrogen) atoms. The number of pyridine rings is 1. The third-order valence-corrected chi connectivity index (χ3v) is 2.54. The van der Waals surface area contributed by atoms with Gasteiger partial charge in [-0.25, -0.2) is 4.98 Å². The second-order valence-corrected chi connectivity index (χ2v) is 4.02. The molecular formula is C11H12N2O2. The molecule has 0 aliphatic heterocycles. The lowest BCUT2D eigenvalue weighted by Gasteiger charge is -2.15. The minimum atomic E-state index is -0.952. The number of aromatic nitrogens is 2. The second kappa shape index (κ2) is 3.08. The summed E-state index contributed by atoms with van der Waals surface area (Å²) in [6.07, 6.45) is 3.60. The molecule has 0 atom stereocenters. The first kappa shape index (κ1) is 9.71. The van der Waals surface area contributed by atoms with E-state index in [-0.39, 0.29) is 0 Å². The van der Waals surface area contributed by atoms with Crippen LogP contribution in [0.1, 0.15) is 19.5 Å². The van der Waals surface area contributed by atoms with Crippen molar-refractivity contribution in [3.05, 3.63) is 36.3 Å². The van der Waals surface area contributed by atoms with Crippen LogP contribution < -0.4 is 0 Å². The summed E-state index contributed by atoms with van der Waals surface area (Å²) in [5, 5.41) is 9.07. The van der Waals surface area contributed by atoms with E-state index in [0.29, 0.717) is 5.69 Å². The van der Waals surface area contributed by atoms with E-state index < -0.39 is 11.4 Å². The zero-order valence-electron chi connectivity index (χ0n) is 8.64. The minimum Gasteiger partial charge on any atom is -0.481 e. The standard InChI is InChI=1S/C11H12N2O2/c1-11(2,10(14)15)8-7-13-6-4-3-5-9(13)12-8/h3-7H,1-2H3,(H,14,15). The van der Waals surface area contributed by atoms with E-state index in [4.69, 9.17) is 5.11 Å². The van der Waals surface area contributed by atoms with Crippen LogP contribution in [0.4, 0.5) is 0 Å². The Hall–Kier alpha value is -1.84. The van der Waals surface area contributed by atoms with Crippen molar-refractivity contribution in [2.75, 3.05) is 0 Å². The Morgan fingerprint density at radius 3 is 2.80 bits per heavy atom. The molecule has 4 heteroatoms. The van der Waals surface area contributed by atoms with Gasteiger partial charge < -0.3 is 9.51 Å². The van der Waals surface area contributed by atoms with Crippen molar-refractivity contribution < 1.29 is 9.90 Å². The normalized spacial score (nSPS) is 11.9. The molecule has 2 rings (SSSR count). The van der Waals surface area contributed by atoms with E-state index in [1.54, 1.807) is 20.0 Å². The number of nitrogens with zero attached hydrogens (tertiary/aromatic N) is 2. The van der Waals surface area contributed by atoms with Crippen LogP contribution in [0, 0.1) is 0 Å². The van der Waals surface area contributed by atoms with Crippen molar-refractivity contribution in [1.29, 1.82) is 0 Å². The highest BCUT2D eigenvalue weighted by Gasteiger charge is 2.32. The first-order valence-corrected chi connectivity index (χ1v) is 4.69. The number of carboxylic acids is 1. The fourth-order valence-corrected chi connectivity index (χ4v) is 1.35. The smallest absolute Gasteiger partial charge is 0.315 e. The number of hydrogen-bond donors (Lipinski definition) is 1. The summed E-state index contributed by atoms with van der Waals surface area (Å²) in [6.45, 7) is 3.30. The molecule has 78 valence electrons. The monoisotopic (exact) mass is 204 g/mol. The lowest BCUT2D eigenvalue weighted by atomic mass is 9.90. The summed E-state index contributed by atoms with van der Waals surface area (Å²) < 4.78 is 1.82. The van der Waals surface area contributed by atoms with Crippen molar-refractivity contribution in [3.8, 4) is 0 Å². The van der Waals surface area contributed by atoms with Crippen molar-refractivity contribution in [2.24, 2.45) is 0 Å². The lowest BCUT2D eigenvalue weighted by Crippen LogP contribution is -2.28. The fourth-order valence-electron chi connectivity index (χ4n) is 1.35. The first-order valence-electron chi connectivity index (χ1n) is 4.69. The average molecular weight is 204 g/mol. The fraction of sp³-hybridized carbons (Fsp3) is 0.273. The van der Waals surface area contributed by atoms with Crippen LogP contribution in [-0.2, 0) is 10.2 Å². The van der Waals surface area contributed by atoms with E-state index >= 15 is 0 Å². The van der Waals surface area contributed by atoms with Crippen molar-refractivity contribution in [1.82, 2.24) is 9.38 Å². The molecule has 0 aliphatic carbocycles. The summed E-state index contributed by atoms with van der Waals surface area (Å²) in [5.41, 5.74) is 0.384. The Labute approximate surface area is 87.2 Å². The summed E-state index contributed by atoms with van der Waals surface area (Å²) in [4.78, 5) is 15.3. The van der Waals surface area contributed by atoms with Gasteiger partial charge in [0.15, 0.2) is 0 Å². The molecule has 0 saturated heterocycles. The highest BCUT2D eigenvalue weighted by molar-refractivity contribution is 5.79. The molecule has 0 aromatic carbocycles. The van der Waals surface area contributed by atoms with Crippen LogP contribution in [0.15, 0.2) is 30.6 Å². The maximum Gasteiger partial charge on any atom is 0.315 e. The number of carbonyl (C=O) groups is 1. The van der Waals surface area contributed by atoms with Crippen molar-refractivity contribution >= 4 is 11.6 Å². The van der Waals surface area contributed by atoms with Gasteiger partial charge in [-0.1, -0.05) is 6.07 Å². The summed E-state index contributed by atoms with van der Waals surface area (Å²) in [7, 11) is 0. The van der Waals surface area contributed by atoms with E-state index in [2.05, 4.69) is 4.98 Å². The molecule has 2 aromatic rings. The Kier molecular flexibility index (Phi) is 2.00. The van der Waals surface area contributed by atoms with Gasteiger partial charge >= 0.3 is 5.97 Å². The van der Waals surface area contributed by atoms with Crippen molar-refractivity contribution in [2.45, 2.75) is 19.3 Å².